The second-order valence-corrected chi connectivity index (χ2v) is 6.93. The number of methoxy groups -OCH3 is 1. The van der Waals surface area contributed by atoms with E-state index in [2.05, 4.69) is 10.6 Å². The average Bonchev–Trinajstić information content (AvgIpc) is 2.59. The fourth-order valence-electron chi connectivity index (χ4n) is 3.16. The summed E-state index contributed by atoms with van der Waals surface area (Å²) in [6.45, 7) is 4.08. The van der Waals surface area contributed by atoms with Crippen molar-refractivity contribution in [3.05, 3.63) is 59.7 Å². The Morgan fingerprint density at radius 3 is 2.77 bits per heavy atom. The summed E-state index contributed by atoms with van der Waals surface area (Å²) in [4.78, 5) is 24.1. The van der Waals surface area contributed by atoms with Gasteiger partial charge in [-0.25, -0.2) is 0 Å². The molecule has 0 bridgehead atoms. The van der Waals surface area contributed by atoms with Crippen molar-refractivity contribution < 1.29 is 14.3 Å². The molecule has 2 aromatic carbocycles. The first-order valence-corrected chi connectivity index (χ1v) is 8.45. The van der Waals surface area contributed by atoms with Crippen LogP contribution in [0.3, 0.4) is 0 Å². The topological polar surface area (TPSA) is 67.4 Å². The van der Waals surface area contributed by atoms with Crippen molar-refractivity contribution in [2.24, 2.45) is 0 Å². The summed E-state index contributed by atoms with van der Waals surface area (Å²) in [6.07, 6.45) is 3.62. The second-order valence-electron chi connectivity index (χ2n) is 6.93. The number of rotatable bonds is 4. The van der Waals surface area contributed by atoms with E-state index in [0.29, 0.717) is 17.9 Å². The van der Waals surface area contributed by atoms with Gasteiger partial charge in [0.05, 0.1) is 7.11 Å². The number of hydrogen-bond acceptors (Lipinski definition) is 3. The molecule has 5 heteroatoms. The van der Waals surface area contributed by atoms with Gasteiger partial charge in [0.2, 0.25) is 11.8 Å². The first-order chi connectivity index (χ1) is 12.4. The minimum atomic E-state index is -0.253. The quantitative estimate of drug-likeness (QED) is 0.820. The lowest BCUT2D eigenvalue weighted by Gasteiger charge is -2.32. The molecule has 0 spiro atoms. The number of ether oxygens (including phenoxy) is 1. The fraction of sp³-hybridized carbons (Fsp3) is 0.238. The van der Waals surface area contributed by atoms with E-state index in [1.165, 1.54) is 6.08 Å². The molecule has 0 radical (unpaired) electrons. The van der Waals surface area contributed by atoms with Gasteiger partial charge in [-0.05, 0) is 29.8 Å². The van der Waals surface area contributed by atoms with Crippen molar-refractivity contribution in [3.63, 3.8) is 0 Å². The second kappa shape index (κ2) is 7.04. The molecule has 3 rings (SSSR count). The Balaban J connectivity index is 1.75. The van der Waals surface area contributed by atoms with E-state index in [-0.39, 0.29) is 17.2 Å². The highest BCUT2D eigenvalue weighted by Gasteiger charge is 2.31. The third-order valence-corrected chi connectivity index (χ3v) is 4.45. The predicted octanol–water partition coefficient (Wildman–Crippen LogP) is 3.97. The Morgan fingerprint density at radius 1 is 1.23 bits per heavy atom. The molecule has 0 saturated carbocycles. The van der Waals surface area contributed by atoms with Crippen LogP contribution >= 0.6 is 0 Å². The van der Waals surface area contributed by atoms with Crippen molar-refractivity contribution >= 4 is 29.3 Å². The minimum absolute atomic E-state index is 0.0120. The molecule has 5 nitrogen and oxygen atoms in total. The molecule has 0 fully saturated rings. The van der Waals surface area contributed by atoms with Crippen LogP contribution in [0, 0.1) is 0 Å². The molecule has 1 heterocycles. The smallest absolute Gasteiger partial charge is 0.248 e. The highest BCUT2D eigenvalue weighted by atomic mass is 16.5. The lowest BCUT2D eigenvalue weighted by Crippen LogP contribution is -2.32. The monoisotopic (exact) mass is 350 g/mol. The third kappa shape index (κ3) is 3.77. The zero-order valence-electron chi connectivity index (χ0n) is 15.1. The Labute approximate surface area is 153 Å². The number of anilines is 2. The van der Waals surface area contributed by atoms with Crippen LogP contribution in [0.25, 0.3) is 6.08 Å². The summed E-state index contributed by atoms with van der Waals surface area (Å²) >= 11 is 0. The van der Waals surface area contributed by atoms with Crippen LogP contribution in [0.5, 0.6) is 5.75 Å². The minimum Gasteiger partial charge on any atom is -0.496 e. The first-order valence-electron chi connectivity index (χ1n) is 8.45. The lowest BCUT2D eigenvalue weighted by molar-refractivity contribution is -0.117. The summed E-state index contributed by atoms with van der Waals surface area (Å²) < 4.78 is 5.26. The third-order valence-electron chi connectivity index (χ3n) is 4.45. The number of carbonyl (C=O) groups excluding carboxylic acids is 2. The van der Waals surface area contributed by atoms with Crippen molar-refractivity contribution in [2.45, 2.75) is 25.7 Å². The summed E-state index contributed by atoms with van der Waals surface area (Å²) in [5, 5.41) is 5.70. The van der Waals surface area contributed by atoms with Crippen LogP contribution in [0.1, 0.15) is 31.4 Å². The number of para-hydroxylation sites is 1. The van der Waals surface area contributed by atoms with Crippen molar-refractivity contribution in [3.8, 4) is 5.75 Å². The molecule has 0 aromatic heterocycles. The maximum Gasteiger partial charge on any atom is 0.248 e. The van der Waals surface area contributed by atoms with Gasteiger partial charge in [-0.15, -0.1) is 0 Å². The summed E-state index contributed by atoms with van der Waals surface area (Å²) in [7, 11) is 1.59. The number of nitrogens with one attached hydrogen (secondary N) is 2. The molecule has 0 atom stereocenters. The van der Waals surface area contributed by atoms with Gasteiger partial charge in [0.1, 0.15) is 5.75 Å². The molecule has 1 aliphatic heterocycles. The Morgan fingerprint density at radius 2 is 2.00 bits per heavy atom. The van der Waals surface area contributed by atoms with E-state index in [4.69, 9.17) is 4.74 Å². The van der Waals surface area contributed by atoms with Gasteiger partial charge in [0, 0.05) is 34.9 Å². The Bertz CT molecular complexity index is 885. The molecule has 2 aromatic rings. The van der Waals surface area contributed by atoms with Crippen LogP contribution in [0.15, 0.2) is 48.5 Å². The number of fused-ring (bicyclic) bond motifs is 1. The summed E-state index contributed by atoms with van der Waals surface area (Å²) in [6, 6.07) is 13.1. The maximum absolute atomic E-state index is 12.2. The largest absolute Gasteiger partial charge is 0.496 e. The van der Waals surface area contributed by atoms with Gasteiger partial charge < -0.3 is 15.4 Å². The average molecular weight is 350 g/mol. The van der Waals surface area contributed by atoms with E-state index in [1.54, 1.807) is 19.3 Å². The van der Waals surface area contributed by atoms with Crippen molar-refractivity contribution in [1.29, 1.82) is 0 Å². The van der Waals surface area contributed by atoms with E-state index in [0.717, 1.165) is 16.8 Å². The highest BCUT2D eigenvalue weighted by molar-refractivity contribution is 6.03. The molecule has 2 N–H and O–H groups in total. The summed E-state index contributed by atoms with van der Waals surface area (Å²) in [5.74, 6) is 0.439. The van der Waals surface area contributed by atoms with Crippen LogP contribution in [-0.2, 0) is 15.0 Å². The zero-order chi connectivity index (χ0) is 18.7. The van der Waals surface area contributed by atoms with Crippen LogP contribution < -0.4 is 15.4 Å². The maximum atomic E-state index is 12.2. The Hall–Kier alpha value is -3.08. The molecule has 26 heavy (non-hydrogen) atoms. The van der Waals surface area contributed by atoms with Crippen LogP contribution in [0.2, 0.25) is 0 Å². The van der Waals surface area contributed by atoms with Gasteiger partial charge >= 0.3 is 0 Å². The number of benzene rings is 2. The molecule has 0 saturated heterocycles. The van der Waals surface area contributed by atoms with Gasteiger partial charge in [0.15, 0.2) is 0 Å². The lowest BCUT2D eigenvalue weighted by atomic mass is 9.78. The molecular weight excluding hydrogens is 328 g/mol. The molecule has 0 aliphatic carbocycles. The van der Waals surface area contributed by atoms with Gasteiger partial charge in [0.25, 0.3) is 0 Å². The molecular formula is C21H22N2O3. The fourth-order valence-corrected chi connectivity index (χ4v) is 3.16. The van der Waals surface area contributed by atoms with E-state index >= 15 is 0 Å². The molecule has 0 unspecified atom stereocenters. The van der Waals surface area contributed by atoms with Gasteiger partial charge in [-0.3, -0.25) is 9.59 Å². The summed E-state index contributed by atoms with van der Waals surface area (Å²) in [5.41, 5.74) is 3.06. The van der Waals surface area contributed by atoms with Crippen LogP contribution in [0.4, 0.5) is 11.4 Å². The van der Waals surface area contributed by atoms with Crippen LogP contribution in [-0.4, -0.2) is 18.9 Å². The zero-order valence-corrected chi connectivity index (χ0v) is 15.1. The van der Waals surface area contributed by atoms with Crippen molar-refractivity contribution in [2.75, 3.05) is 17.7 Å². The number of hydrogen-bond donors (Lipinski definition) is 2. The highest BCUT2D eigenvalue weighted by Crippen LogP contribution is 2.38. The van der Waals surface area contributed by atoms with E-state index in [9.17, 15) is 9.59 Å². The Kier molecular flexibility index (Phi) is 4.80. The normalized spacial score (nSPS) is 15.3. The van der Waals surface area contributed by atoms with Gasteiger partial charge in [-0.1, -0.05) is 38.1 Å². The SMILES string of the molecule is COc1ccccc1C=CC(=O)Nc1ccc2c(c1)NC(=O)CC2(C)C. The number of amides is 2. The van der Waals surface area contributed by atoms with E-state index < -0.39 is 0 Å². The van der Waals surface area contributed by atoms with Gasteiger partial charge in [-0.2, -0.15) is 0 Å². The molecule has 1 aliphatic rings. The predicted molar refractivity (Wildman–Crippen MR) is 103 cm³/mol. The van der Waals surface area contributed by atoms with E-state index in [1.807, 2.05) is 50.2 Å². The number of carbonyl (C=O) groups is 2. The molecule has 134 valence electrons. The first kappa shape index (κ1) is 17.7. The standard InChI is InChI=1S/C21H22N2O3/c1-21(2)13-20(25)23-17-12-15(9-10-16(17)21)22-19(24)11-8-14-6-4-5-7-18(14)26-3/h4-12H,13H2,1-3H3,(H,22,24)(H,23,25). The molecule has 2 amide bonds. The van der Waals surface area contributed by atoms with Crippen molar-refractivity contribution in [1.82, 2.24) is 0 Å².